The van der Waals surface area contributed by atoms with Gasteiger partial charge in [0.2, 0.25) is 0 Å². The van der Waals surface area contributed by atoms with E-state index >= 15 is 0 Å². The number of unbranched alkanes of at least 4 members (excludes halogenated alkanes) is 1. The average Bonchev–Trinajstić information content (AvgIpc) is 2.22. The zero-order chi connectivity index (χ0) is 10.6. The molecule has 0 saturated carbocycles. The monoisotopic (exact) mass is 199 g/mol. The van der Waals surface area contributed by atoms with Gasteiger partial charge in [0, 0.05) is 19.8 Å². The van der Waals surface area contributed by atoms with Crippen molar-refractivity contribution in [1.29, 1.82) is 0 Å². The fraction of sp³-hybridized carbons (Fsp3) is 0.917. The van der Waals surface area contributed by atoms with Crippen LogP contribution in [0.4, 0.5) is 0 Å². The first-order valence-corrected chi connectivity index (χ1v) is 5.85. The third-order valence-electron chi connectivity index (χ3n) is 2.50. The van der Waals surface area contributed by atoms with E-state index in [1.165, 1.54) is 25.7 Å². The SMILES string of the molecule is C=NCCCOCC(CC)CCCC. The minimum Gasteiger partial charge on any atom is -0.381 e. The van der Waals surface area contributed by atoms with Crippen LogP contribution < -0.4 is 0 Å². The Bertz CT molecular complexity index is 125. The van der Waals surface area contributed by atoms with Gasteiger partial charge < -0.3 is 9.73 Å². The van der Waals surface area contributed by atoms with Crippen molar-refractivity contribution in [2.45, 2.75) is 46.0 Å². The van der Waals surface area contributed by atoms with Crippen LogP contribution in [0.25, 0.3) is 0 Å². The van der Waals surface area contributed by atoms with Gasteiger partial charge in [-0.1, -0.05) is 33.1 Å². The average molecular weight is 199 g/mol. The lowest BCUT2D eigenvalue weighted by Gasteiger charge is -2.14. The third-order valence-corrected chi connectivity index (χ3v) is 2.50. The molecule has 0 heterocycles. The number of nitrogens with zero attached hydrogens (tertiary/aromatic N) is 1. The van der Waals surface area contributed by atoms with Crippen molar-refractivity contribution in [3.05, 3.63) is 0 Å². The first-order chi connectivity index (χ1) is 6.85. The van der Waals surface area contributed by atoms with Crippen molar-refractivity contribution < 1.29 is 4.74 Å². The molecule has 0 rings (SSSR count). The van der Waals surface area contributed by atoms with E-state index in [1.54, 1.807) is 0 Å². The molecule has 2 nitrogen and oxygen atoms in total. The number of hydrogen-bond donors (Lipinski definition) is 0. The topological polar surface area (TPSA) is 21.6 Å². The molecule has 0 aromatic carbocycles. The summed E-state index contributed by atoms with van der Waals surface area (Å²) in [7, 11) is 0. The minimum atomic E-state index is 0.756. The van der Waals surface area contributed by atoms with Gasteiger partial charge in [-0.05, 0) is 25.5 Å². The van der Waals surface area contributed by atoms with Gasteiger partial charge in [-0.2, -0.15) is 0 Å². The largest absolute Gasteiger partial charge is 0.381 e. The third kappa shape index (κ3) is 8.24. The molecule has 0 spiro atoms. The lowest BCUT2D eigenvalue weighted by Crippen LogP contribution is -2.10. The van der Waals surface area contributed by atoms with Crippen molar-refractivity contribution in [3.63, 3.8) is 0 Å². The lowest BCUT2D eigenvalue weighted by molar-refractivity contribution is 0.0933. The Balaban J connectivity index is 3.28. The summed E-state index contributed by atoms with van der Waals surface area (Å²) < 4.78 is 5.60. The Hall–Kier alpha value is -0.370. The summed E-state index contributed by atoms with van der Waals surface area (Å²) in [4.78, 5) is 3.79. The van der Waals surface area contributed by atoms with Crippen LogP contribution in [0.5, 0.6) is 0 Å². The van der Waals surface area contributed by atoms with Gasteiger partial charge in [-0.25, -0.2) is 0 Å². The Kier molecular flexibility index (Phi) is 10.4. The molecule has 0 saturated heterocycles. The van der Waals surface area contributed by atoms with E-state index in [2.05, 4.69) is 25.6 Å². The van der Waals surface area contributed by atoms with E-state index in [1.807, 2.05) is 0 Å². The van der Waals surface area contributed by atoms with E-state index in [-0.39, 0.29) is 0 Å². The van der Waals surface area contributed by atoms with Gasteiger partial charge in [0.1, 0.15) is 0 Å². The second kappa shape index (κ2) is 10.7. The molecule has 0 aliphatic heterocycles. The summed E-state index contributed by atoms with van der Waals surface area (Å²) in [6, 6.07) is 0. The summed E-state index contributed by atoms with van der Waals surface area (Å²) in [5.74, 6) is 0.756. The smallest absolute Gasteiger partial charge is 0.0494 e. The molecule has 14 heavy (non-hydrogen) atoms. The van der Waals surface area contributed by atoms with Gasteiger partial charge in [0.05, 0.1) is 0 Å². The van der Waals surface area contributed by atoms with Gasteiger partial charge >= 0.3 is 0 Å². The number of hydrogen-bond acceptors (Lipinski definition) is 2. The van der Waals surface area contributed by atoms with Gasteiger partial charge in [-0.15, -0.1) is 0 Å². The van der Waals surface area contributed by atoms with Crippen LogP contribution >= 0.6 is 0 Å². The molecule has 0 amide bonds. The summed E-state index contributed by atoms with van der Waals surface area (Å²) in [5.41, 5.74) is 0. The molecular weight excluding hydrogens is 174 g/mol. The maximum Gasteiger partial charge on any atom is 0.0494 e. The van der Waals surface area contributed by atoms with Crippen molar-refractivity contribution in [2.24, 2.45) is 10.9 Å². The zero-order valence-electron chi connectivity index (χ0n) is 9.80. The fourth-order valence-electron chi connectivity index (χ4n) is 1.43. The van der Waals surface area contributed by atoms with E-state index in [0.29, 0.717) is 0 Å². The molecule has 84 valence electrons. The summed E-state index contributed by atoms with van der Waals surface area (Å²) in [6.45, 7) is 10.5. The van der Waals surface area contributed by atoms with Crippen LogP contribution in [0, 0.1) is 5.92 Å². The Morgan fingerprint density at radius 1 is 1.29 bits per heavy atom. The van der Waals surface area contributed by atoms with E-state index in [9.17, 15) is 0 Å². The normalized spacial score (nSPS) is 12.7. The molecule has 0 aliphatic carbocycles. The molecule has 1 atom stereocenters. The predicted molar refractivity (Wildman–Crippen MR) is 63.2 cm³/mol. The van der Waals surface area contributed by atoms with Crippen molar-refractivity contribution in [2.75, 3.05) is 19.8 Å². The van der Waals surface area contributed by atoms with Crippen molar-refractivity contribution in [1.82, 2.24) is 0 Å². The molecule has 0 aromatic heterocycles. The molecule has 2 heteroatoms. The maximum absolute atomic E-state index is 5.60. The van der Waals surface area contributed by atoms with Crippen molar-refractivity contribution >= 4 is 6.72 Å². The van der Waals surface area contributed by atoms with E-state index in [4.69, 9.17) is 4.74 Å². The van der Waals surface area contributed by atoms with Crippen molar-refractivity contribution in [3.8, 4) is 0 Å². The molecule has 1 unspecified atom stereocenters. The van der Waals surface area contributed by atoms with Gasteiger partial charge in [0.15, 0.2) is 0 Å². The highest BCUT2D eigenvalue weighted by Gasteiger charge is 2.04. The van der Waals surface area contributed by atoms with E-state index < -0.39 is 0 Å². The van der Waals surface area contributed by atoms with E-state index in [0.717, 1.165) is 32.1 Å². The molecule has 0 N–H and O–H groups in total. The Labute approximate surface area is 88.8 Å². The Morgan fingerprint density at radius 3 is 2.64 bits per heavy atom. The van der Waals surface area contributed by atoms with Crippen LogP contribution in [-0.4, -0.2) is 26.5 Å². The fourth-order valence-corrected chi connectivity index (χ4v) is 1.43. The van der Waals surface area contributed by atoms with Crippen LogP contribution in [0.3, 0.4) is 0 Å². The molecule has 0 radical (unpaired) electrons. The summed E-state index contributed by atoms with van der Waals surface area (Å²) in [6.07, 6.45) is 6.17. The predicted octanol–water partition coefficient (Wildman–Crippen LogP) is 3.31. The second-order valence-electron chi connectivity index (χ2n) is 3.79. The molecular formula is C12H25NO. The highest BCUT2D eigenvalue weighted by molar-refractivity contribution is 5.22. The quantitative estimate of drug-likeness (QED) is 0.391. The lowest BCUT2D eigenvalue weighted by atomic mass is 10.0. The minimum absolute atomic E-state index is 0.756. The van der Waals surface area contributed by atoms with Gasteiger partial charge in [-0.3, -0.25) is 0 Å². The second-order valence-corrected chi connectivity index (χ2v) is 3.79. The Morgan fingerprint density at radius 2 is 2.07 bits per heavy atom. The van der Waals surface area contributed by atoms with Crippen LogP contribution in [-0.2, 0) is 4.74 Å². The van der Waals surface area contributed by atoms with Crippen LogP contribution in [0.2, 0.25) is 0 Å². The first-order valence-electron chi connectivity index (χ1n) is 5.85. The number of ether oxygens (including phenoxy) is 1. The molecule has 0 fully saturated rings. The number of rotatable bonds is 10. The van der Waals surface area contributed by atoms with Gasteiger partial charge in [0.25, 0.3) is 0 Å². The summed E-state index contributed by atoms with van der Waals surface area (Å²) >= 11 is 0. The molecule has 0 aliphatic rings. The maximum atomic E-state index is 5.60. The number of aliphatic imine (C=N–C) groups is 1. The highest BCUT2D eigenvalue weighted by Crippen LogP contribution is 2.12. The molecule has 0 bridgehead atoms. The highest BCUT2D eigenvalue weighted by atomic mass is 16.5. The molecule has 0 aromatic rings. The van der Waals surface area contributed by atoms with Crippen LogP contribution in [0.1, 0.15) is 46.0 Å². The summed E-state index contributed by atoms with van der Waals surface area (Å²) in [5, 5.41) is 0. The first kappa shape index (κ1) is 13.6. The standard InChI is InChI=1S/C12H25NO/c1-4-6-8-12(5-2)11-14-10-7-9-13-3/h12H,3-11H2,1-2H3. The zero-order valence-corrected chi connectivity index (χ0v) is 9.80. The van der Waals surface area contributed by atoms with Crippen LogP contribution in [0.15, 0.2) is 4.99 Å².